The van der Waals surface area contributed by atoms with Gasteiger partial charge in [-0.1, -0.05) is 19.8 Å². The number of carbonyl (C=O) groups is 2. The third-order valence-electron chi connectivity index (χ3n) is 3.35. The average molecular weight is 240 g/mol. The van der Waals surface area contributed by atoms with Gasteiger partial charge in [-0.2, -0.15) is 0 Å². The van der Waals surface area contributed by atoms with Crippen molar-refractivity contribution < 1.29 is 9.59 Å². The van der Waals surface area contributed by atoms with E-state index in [2.05, 4.69) is 12.2 Å². The maximum absolute atomic E-state index is 12.0. The van der Waals surface area contributed by atoms with Crippen LogP contribution in [0.25, 0.3) is 0 Å². The molecule has 1 saturated carbocycles. The zero-order valence-electron chi connectivity index (χ0n) is 11.0. The fourth-order valence-electron chi connectivity index (χ4n) is 2.42. The minimum Gasteiger partial charge on any atom is -0.358 e. The van der Waals surface area contributed by atoms with E-state index >= 15 is 0 Å². The van der Waals surface area contributed by atoms with Crippen LogP contribution in [0.3, 0.4) is 0 Å². The van der Waals surface area contributed by atoms with Crippen molar-refractivity contribution in [1.82, 2.24) is 10.2 Å². The number of nitrogens with one attached hydrogen (secondary N) is 1. The van der Waals surface area contributed by atoms with E-state index in [4.69, 9.17) is 0 Å². The van der Waals surface area contributed by atoms with Crippen molar-refractivity contribution in [1.29, 1.82) is 0 Å². The Kier molecular flexibility index (Phi) is 6.19. The number of Topliss-reactive ketones (excluding diaryl/α,β-unsaturated/α-hetero) is 1. The second-order valence-electron chi connectivity index (χ2n) is 4.73. The second-order valence-corrected chi connectivity index (χ2v) is 4.73. The van der Waals surface area contributed by atoms with Crippen molar-refractivity contribution in [3.05, 3.63) is 0 Å². The minimum absolute atomic E-state index is 0.00417. The smallest absolute Gasteiger partial charge is 0.233 e. The molecule has 1 aliphatic rings. The quantitative estimate of drug-likeness (QED) is 0.738. The monoisotopic (exact) mass is 240 g/mol. The van der Waals surface area contributed by atoms with Crippen LogP contribution >= 0.6 is 0 Å². The first-order chi connectivity index (χ1) is 8.19. The van der Waals surface area contributed by atoms with Crippen molar-refractivity contribution >= 4 is 11.7 Å². The molecule has 0 heterocycles. The van der Waals surface area contributed by atoms with Crippen LogP contribution in [0, 0.1) is 0 Å². The van der Waals surface area contributed by atoms with Crippen LogP contribution in [-0.4, -0.2) is 42.8 Å². The van der Waals surface area contributed by atoms with E-state index in [1.807, 2.05) is 4.90 Å². The summed E-state index contributed by atoms with van der Waals surface area (Å²) in [6.07, 6.45) is 5.82. The topological polar surface area (TPSA) is 49.4 Å². The lowest BCUT2D eigenvalue weighted by molar-refractivity contribution is -0.127. The number of carbonyl (C=O) groups excluding carboxylic acids is 2. The molecule has 0 spiro atoms. The number of hydrogen-bond donors (Lipinski definition) is 1. The number of hydrogen-bond acceptors (Lipinski definition) is 3. The molecule has 1 amide bonds. The van der Waals surface area contributed by atoms with Gasteiger partial charge in [-0.15, -0.1) is 0 Å². The molecule has 1 fully saturated rings. The highest BCUT2D eigenvalue weighted by atomic mass is 16.2. The lowest BCUT2D eigenvalue weighted by Gasteiger charge is -2.28. The maximum atomic E-state index is 12.0. The van der Waals surface area contributed by atoms with Gasteiger partial charge in [0.25, 0.3) is 0 Å². The Bertz CT molecular complexity index is 266. The molecule has 1 atom stereocenters. The van der Waals surface area contributed by atoms with E-state index in [0.29, 0.717) is 18.7 Å². The number of ketones is 1. The van der Waals surface area contributed by atoms with E-state index in [1.54, 1.807) is 7.05 Å². The summed E-state index contributed by atoms with van der Waals surface area (Å²) in [6.45, 7) is 3.25. The molecule has 4 nitrogen and oxygen atoms in total. The molecular formula is C13H24N2O2. The summed E-state index contributed by atoms with van der Waals surface area (Å²) in [6, 6.07) is -0.0326. The van der Waals surface area contributed by atoms with Crippen LogP contribution in [-0.2, 0) is 9.59 Å². The van der Waals surface area contributed by atoms with Gasteiger partial charge < -0.3 is 5.32 Å². The number of rotatable bonds is 5. The van der Waals surface area contributed by atoms with Gasteiger partial charge in [-0.05, 0) is 25.8 Å². The Morgan fingerprint density at radius 2 is 2.18 bits per heavy atom. The summed E-state index contributed by atoms with van der Waals surface area (Å²) in [5, 5.41) is 2.63. The fraction of sp³-hybridized carbons (Fsp3) is 0.846. The Morgan fingerprint density at radius 1 is 1.41 bits per heavy atom. The average Bonchev–Trinajstić information content (AvgIpc) is 2.53. The zero-order valence-corrected chi connectivity index (χ0v) is 11.0. The third-order valence-corrected chi connectivity index (χ3v) is 3.35. The fourth-order valence-corrected chi connectivity index (χ4v) is 2.42. The SMILES string of the molecule is CCCN(CC(=O)NC)C1CCCCCC1=O. The lowest BCUT2D eigenvalue weighted by atomic mass is 10.1. The molecule has 98 valence electrons. The van der Waals surface area contributed by atoms with Gasteiger partial charge in [0, 0.05) is 13.5 Å². The van der Waals surface area contributed by atoms with Gasteiger partial charge in [0.05, 0.1) is 12.6 Å². The largest absolute Gasteiger partial charge is 0.358 e. The van der Waals surface area contributed by atoms with Gasteiger partial charge in [0.15, 0.2) is 0 Å². The predicted octanol–water partition coefficient (Wildman–Crippen LogP) is 1.35. The van der Waals surface area contributed by atoms with Crippen molar-refractivity contribution in [3.8, 4) is 0 Å². The molecule has 1 unspecified atom stereocenters. The minimum atomic E-state index is -0.0326. The molecule has 17 heavy (non-hydrogen) atoms. The van der Waals surface area contributed by atoms with E-state index in [1.165, 1.54) is 0 Å². The molecule has 1 rings (SSSR count). The van der Waals surface area contributed by atoms with Crippen LogP contribution < -0.4 is 5.32 Å². The summed E-state index contributed by atoms with van der Waals surface area (Å²) in [7, 11) is 1.64. The molecule has 1 N–H and O–H groups in total. The Labute approximate surface area is 104 Å². The van der Waals surface area contributed by atoms with Crippen molar-refractivity contribution in [2.24, 2.45) is 0 Å². The first kappa shape index (κ1) is 14.2. The highest BCUT2D eigenvalue weighted by molar-refractivity contribution is 5.85. The summed E-state index contributed by atoms with van der Waals surface area (Å²) >= 11 is 0. The van der Waals surface area contributed by atoms with Gasteiger partial charge in [-0.25, -0.2) is 0 Å². The molecule has 0 aromatic rings. The first-order valence-corrected chi connectivity index (χ1v) is 6.66. The predicted molar refractivity (Wildman–Crippen MR) is 67.8 cm³/mol. The molecule has 0 aromatic heterocycles. The van der Waals surface area contributed by atoms with Crippen LogP contribution in [0.5, 0.6) is 0 Å². The standard InChI is InChI=1S/C13H24N2O2/c1-3-9-15(10-13(17)14-2)11-7-5-4-6-8-12(11)16/h11H,3-10H2,1-2H3,(H,14,17). The van der Waals surface area contributed by atoms with E-state index < -0.39 is 0 Å². The summed E-state index contributed by atoms with van der Waals surface area (Å²) < 4.78 is 0. The zero-order chi connectivity index (χ0) is 12.7. The number of nitrogens with zero attached hydrogens (tertiary/aromatic N) is 1. The van der Waals surface area contributed by atoms with Crippen molar-refractivity contribution in [3.63, 3.8) is 0 Å². The molecule has 0 aromatic carbocycles. The van der Waals surface area contributed by atoms with E-state index in [-0.39, 0.29) is 11.9 Å². The van der Waals surface area contributed by atoms with Gasteiger partial charge in [-0.3, -0.25) is 14.5 Å². The number of amides is 1. The van der Waals surface area contributed by atoms with Crippen LogP contribution in [0.1, 0.15) is 45.4 Å². The maximum Gasteiger partial charge on any atom is 0.233 e. The Morgan fingerprint density at radius 3 is 2.82 bits per heavy atom. The lowest BCUT2D eigenvalue weighted by Crippen LogP contribution is -2.46. The Balaban J connectivity index is 2.65. The molecular weight excluding hydrogens is 216 g/mol. The molecule has 0 radical (unpaired) electrons. The second kappa shape index (κ2) is 7.43. The van der Waals surface area contributed by atoms with Gasteiger partial charge in [0.2, 0.25) is 5.91 Å². The normalized spacial score (nSPS) is 21.4. The van der Waals surface area contributed by atoms with Gasteiger partial charge >= 0.3 is 0 Å². The Hall–Kier alpha value is -0.900. The van der Waals surface area contributed by atoms with Crippen molar-refractivity contribution in [2.45, 2.75) is 51.5 Å². The molecule has 4 heteroatoms. The highest BCUT2D eigenvalue weighted by Crippen LogP contribution is 2.19. The molecule has 0 saturated heterocycles. The molecule has 1 aliphatic carbocycles. The van der Waals surface area contributed by atoms with E-state index in [0.717, 1.165) is 38.6 Å². The molecule has 0 bridgehead atoms. The third kappa shape index (κ3) is 4.46. The highest BCUT2D eigenvalue weighted by Gasteiger charge is 2.27. The van der Waals surface area contributed by atoms with Crippen LogP contribution in [0.4, 0.5) is 0 Å². The van der Waals surface area contributed by atoms with Crippen LogP contribution in [0.15, 0.2) is 0 Å². The summed E-state index contributed by atoms with van der Waals surface area (Å²) in [4.78, 5) is 25.5. The number of likely N-dealkylation sites (N-methyl/N-ethyl adjacent to an activating group) is 1. The summed E-state index contributed by atoms with van der Waals surface area (Å²) in [5.41, 5.74) is 0. The van der Waals surface area contributed by atoms with Gasteiger partial charge in [0.1, 0.15) is 5.78 Å². The molecule has 0 aliphatic heterocycles. The van der Waals surface area contributed by atoms with Crippen molar-refractivity contribution in [2.75, 3.05) is 20.1 Å². The van der Waals surface area contributed by atoms with E-state index in [9.17, 15) is 9.59 Å². The first-order valence-electron chi connectivity index (χ1n) is 6.66. The van der Waals surface area contributed by atoms with Crippen LogP contribution in [0.2, 0.25) is 0 Å². The summed E-state index contributed by atoms with van der Waals surface area (Å²) in [5.74, 6) is 0.315.